The van der Waals surface area contributed by atoms with Gasteiger partial charge in [-0.25, -0.2) is 0 Å². The summed E-state index contributed by atoms with van der Waals surface area (Å²) in [5, 5.41) is 3.14. The molecule has 0 aromatic heterocycles. The fourth-order valence-electron chi connectivity index (χ4n) is 4.71. The van der Waals surface area contributed by atoms with Crippen molar-refractivity contribution in [2.75, 3.05) is 23.3 Å². The Morgan fingerprint density at radius 1 is 1.00 bits per heavy atom. The van der Waals surface area contributed by atoms with Gasteiger partial charge in [-0.2, -0.15) is 0 Å². The highest BCUT2D eigenvalue weighted by molar-refractivity contribution is 5.93. The molecule has 0 spiro atoms. The van der Waals surface area contributed by atoms with E-state index in [1.165, 1.54) is 44.2 Å². The zero-order valence-corrected chi connectivity index (χ0v) is 13.3. The first-order valence-electron chi connectivity index (χ1n) is 8.95. The summed E-state index contributed by atoms with van der Waals surface area (Å²) in [6.45, 7) is 2.33. The van der Waals surface area contributed by atoms with Gasteiger partial charge in [-0.1, -0.05) is 6.42 Å². The van der Waals surface area contributed by atoms with Gasteiger partial charge in [0.05, 0.1) is 0 Å². The molecule has 0 unspecified atom stereocenters. The van der Waals surface area contributed by atoms with Crippen LogP contribution >= 0.6 is 0 Å². The number of piperidine rings is 1. The molecule has 1 N–H and O–H groups in total. The predicted molar refractivity (Wildman–Crippen MR) is 90.1 cm³/mol. The molecule has 1 aliphatic heterocycles. The standard InChI is InChI=1S/C19H26N2O/c22-19(18-13-14-4-5-15(18)12-14)20-16-6-8-17(9-7-16)21-10-2-1-3-11-21/h6-9,14-15,18H,1-5,10-13H2,(H,20,22)/t14-,15-,18+/m0/s1. The lowest BCUT2D eigenvalue weighted by molar-refractivity contribution is -0.121. The SMILES string of the molecule is O=C(Nc1ccc(N2CCCCC2)cc1)[C@@H]1C[C@H]2CC[C@H]1C2. The van der Waals surface area contributed by atoms with Gasteiger partial charge in [0.1, 0.15) is 0 Å². The summed E-state index contributed by atoms with van der Waals surface area (Å²) in [5.74, 6) is 1.98. The number of hydrogen-bond donors (Lipinski definition) is 1. The van der Waals surface area contributed by atoms with E-state index in [-0.39, 0.29) is 11.8 Å². The highest BCUT2D eigenvalue weighted by Crippen LogP contribution is 2.48. The molecule has 3 fully saturated rings. The lowest BCUT2D eigenvalue weighted by atomic mass is 9.88. The van der Waals surface area contributed by atoms with Crippen LogP contribution in [0.5, 0.6) is 0 Å². The summed E-state index contributed by atoms with van der Waals surface area (Å²) in [5.41, 5.74) is 2.24. The molecule has 3 aliphatic rings. The van der Waals surface area contributed by atoms with Crippen LogP contribution in [0.25, 0.3) is 0 Å². The summed E-state index contributed by atoms with van der Waals surface area (Å²) in [7, 11) is 0. The molecular weight excluding hydrogens is 272 g/mol. The van der Waals surface area contributed by atoms with Gasteiger partial charge in [-0.3, -0.25) is 4.79 Å². The number of benzene rings is 1. The Balaban J connectivity index is 1.37. The van der Waals surface area contributed by atoms with Crippen LogP contribution in [0.3, 0.4) is 0 Å². The lowest BCUT2D eigenvalue weighted by Gasteiger charge is -2.29. The zero-order chi connectivity index (χ0) is 14.9. The summed E-state index contributed by atoms with van der Waals surface area (Å²) < 4.78 is 0. The third kappa shape index (κ3) is 2.73. The second-order valence-electron chi connectivity index (χ2n) is 7.37. The summed E-state index contributed by atoms with van der Waals surface area (Å²) >= 11 is 0. The van der Waals surface area contributed by atoms with Crippen LogP contribution in [-0.2, 0) is 4.79 Å². The van der Waals surface area contributed by atoms with Gasteiger partial charge >= 0.3 is 0 Å². The first-order valence-corrected chi connectivity index (χ1v) is 8.95. The van der Waals surface area contributed by atoms with Crippen molar-refractivity contribution in [2.45, 2.75) is 44.9 Å². The molecule has 1 heterocycles. The molecule has 2 bridgehead atoms. The number of carbonyl (C=O) groups is 1. The topological polar surface area (TPSA) is 32.3 Å². The van der Waals surface area contributed by atoms with Crippen molar-refractivity contribution in [3.8, 4) is 0 Å². The number of fused-ring (bicyclic) bond motifs is 2. The van der Waals surface area contributed by atoms with E-state index in [0.717, 1.165) is 31.1 Å². The maximum absolute atomic E-state index is 12.5. The first kappa shape index (κ1) is 14.1. The minimum absolute atomic E-state index is 0.248. The van der Waals surface area contributed by atoms with Crippen LogP contribution in [0.1, 0.15) is 44.9 Å². The second kappa shape index (κ2) is 5.94. The Morgan fingerprint density at radius 2 is 1.77 bits per heavy atom. The minimum Gasteiger partial charge on any atom is -0.372 e. The molecule has 22 heavy (non-hydrogen) atoms. The molecule has 3 heteroatoms. The largest absolute Gasteiger partial charge is 0.372 e. The molecular formula is C19H26N2O. The Kier molecular flexibility index (Phi) is 3.81. The Labute approximate surface area is 133 Å². The van der Waals surface area contributed by atoms with Gasteiger partial charge in [0.15, 0.2) is 0 Å². The van der Waals surface area contributed by atoms with Crippen molar-refractivity contribution in [3.63, 3.8) is 0 Å². The fraction of sp³-hybridized carbons (Fsp3) is 0.632. The lowest BCUT2D eigenvalue weighted by Crippen LogP contribution is -2.29. The average molecular weight is 298 g/mol. The van der Waals surface area contributed by atoms with E-state index in [1.807, 2.05) is 0 Å². The number of carbonyl (C=O) groups excluding carboxylic acids is 1. The van der Waals surface area contributed by atoms with Gasteiger partial charge in [-0.15, -0.1) is 0 Å². The number of amides is 1. The van der Waals surface area contributed by atoms with Gasteiger partial charge in [0.25, 0.3) is 0 Å². The molecule has 1 amide bonds. The summed E-state index contributed by atoms with van der Waals surface area (Å²) in [4.78, 5) is 14.9. The van der Waals surface area contributed by atoms with E-state index >= 15 is 0 Å². The highest BCUT2D eigenvalue weighted by atomic mass is 16.1. The van der Waals surface area contributed by atoms with Crippen LogP contribution in [-0.4, -0.2) is 19.0 Å². The van der Waals surface area contributed by atoms with Crippen molar-refractivity contribution < 1.29 is 4.79 Å². The summed E-state index contributed by atoms with van der Waals surface area (Å²) in [6, 6.07) is 8.44. The van der Waals surface area contributed by atoms with Gasteiger partial charge in [0.2, 0.25) is 5.91 Å². The number of nitrogens with one attached hydrogen (secondary N) is 1. The molecule has 2 saturated carbocycles. The summed E-state index contributed by atoms with van der Waals surface area (Å²) in [6.07, 6.45) is 8.95. The maximum Gasteiger partial charge on any atom is 0.227 e. The van der Waals surface area contributed by atoms with E-state index in [2.05, 4.69) is 34.5 Å². The van der Waals surface area contributed by atoms with Crippen LogP contribution in [0.4, 0.5) is 11.4 Å². The van der Waals surface area contributed by atoms with E-state index in [1.54, 1.807) is 0 Å². The smallest absolute Gasteiger partial charge is 0.227 e. The van der Waals surface area contributed by atoms with E-state index < -0.39 is 0 Å². The van der Waals surface area contributed by atoms with Gasteiger partial charge < -0.3 is 10.2 Å². The van der Waals surface area contributed by atoms with Gasteiger partial charge in [0, 0.05) is 30.4 Å². The minimum atomic E-state index is 0.248. The van der Waals surface area contributed by atoms with E-state index in [4.69, 9.17) is 0 Å². The quantitative estimate of drug-likeness (QED) is 0.913. The predicted octanol–water partition coefficient (Wildman–Crippen LogP) is 4.05. The van der Waals surface area contributed by atoms with Crippen molar-refractivity contribution in [1.29, 1.82) is 0 Å². The molecule has 1 aromatic carbocycles. The molecule has 0 radical (unpaired) electrons. The Hall–Kier alpha value is -1.51. The van der Waals surface area contributed by atoms with Crippen LogP contribution in [0.2, 0.25) is 0 Å². The third-order valence-electron chi connectivity index (χ3n) is 5.93. The molecule has 118 valence electrons. The molecule has 1 saturated heterocycles. The van der Waals surface area contributed by atoms with Crippen molar-refractivity contribution >= 4 is 17.3 Å². The maximum atomic E-state index is 12.5. The third-order valence-corrected chi connectivity index (χ3v) is 5.93. The molecule has 4 rings (SSSR count). The monoisotopic (exact) mass is 298 g/mol. The number of rotatable bonds is 3. The average Bonchev–Trinajstić information content (AvgIpc) is 3.19. The van der Waals surface area contributed by atoms with Gasteiger partial charge in [-0.05, 0) is 74.6 Å². The molecule has 3 atom stereocenters. The normalized spacial score (nSPS) is 30.5. The van der Waals surface area contributed by atoms with Crippen molar-refractivity contribution in [1.82, 2.24) is 0 Å². The molecule has 1 aromatic rings. The number of hydrogen-bond acceptors (Lipinski definition) is 2. The molecule has 3 nitrogen and oxygen atoms in total. The highest BCUT2D eigenvalue weighted by Gasteiger charge is 2.42. The van der Waals surface area contributed by atoms with Crippen LogP contribution in [0.15, 0.2) is 24.3 Å². The Morgan fingerprint density at radius 3 is 2.41 bits per heavy atom. The zero-order valence-electron chi connectivity index (χ0n) is 13.3. The molecule has 2 aliphatic carbocycles. The Bertz CT molecular complexity index is 533. The van der Waals surface area contributed by atoms with Crippen LogP contribution < -0.4 is 10.2 Å². The van der Waals surface area contributed by atoms with Crippen LogP contribution in [0, 0.1) is 17.8 Å². The number of anilines is 2. The van der Waals surface area contributed by atoms with E-state index in [9.17, 15) is 4.79 Å². The van der Waals surface area contributed by atoms with Crippen molar-refractivity contribution in [2.24, 2.45) is 17.8 Å². The first-order chi connectivity index (χ1) is 10.8. The number of nitrogens with zero attached hydrogens (tertiary/aromatic N) is 1. The second-order valence-corrected chi connectivity index (χ2v) is 7.37. The van der Waals surface area contributed by atoms with Crippen molar-refractivity contribution in [3.05, 3.63) is 24.3 Å². The van der Waals surface area contributed by atoms with E-state index in [0.29, 0.717) is 5.92 Å². The fourth-order valence-corrected chi connectivity index (χ4v) is 4.71.